The fraction of sp³-hybridized carbons (Fsp3) is 0.800. The van der Waals surface area contributed by atoms with Gasteiger partial charge in [0.25, 0.3) is 0 Å². The monoisotopic (exact) mass is 266 g/mol. The summed E-state index contributed by atoms with van der Waals surface area (Å²) in [4.78, 5) is 22.8. The number of hydrogen-bond acceptors (Lipinski definition) is 6. The Labute approximate surface area is 101 Å². The van der Waals surface area contributed by atoms with Gasteiger partial charge in [-0.15, -0.1) is 0 Å². The topological polar surface area (TPSA) is 78.9 Å². The molecule has 0 fully saturated rings. The zero-order valence-corrected chi connectivity index (χ0v) is 11.7. The first-order valence-corrected chi connectivity index (χ1v) is 6.79. The van der Waals surface area contributed by atoms with Crippen LogP contribution in [0.1, 0.15) is 34.6 Å². The summed E-state index contributed by atoms with van der Waals surface area (Å²) in [5.41, 5.74) is -1.81. The van der Waals surface area contributed by atoms with Gasteiger partial charge in [0.2, 0.25) is 0 Å². The number of Topliss-reactive ketones (excluding diaryl/α,β-unsaturated/α-hetero) is 2. The fourth-order valence-electron chi connectivity index (χ4n) is 1.01. The summed E-state index contributed by atoms with van der Waals surface area (Å²) in [7, 11) is -3.89. The molecule has 6 nitrogen and oxygen atoms in total. The Hall–Kier alpha value is -0.550. The quantitative estimate of drug-likeness (QED) is 0.494. The smallest absolute Gasteiger partial charge is 0.296 e. The van der Waals surface area contributed by atoms with Crippen molar-refractivity contribution < 1.29 is 27.7 Å². The van der Waals surface area contributed by atoms with Gasteiger partial charge < -0.3 is 0 Å². The van der Waals surface area contributed by atoms with Gasteiger partial charge in [-0.3, -0.25) is 23.2 Å². The first kappa shape index (κ1) is 16.4. The number of ketones is 2. The van der Waals surface area contributed by atoms with Crippen molar-refractivity contribution in [2.75, 3.05) is 13.2 Å². The van der Waals surface area contributed by atoms with Crippen LogP contribution in [0.2, 0.25) is 0 Å². The van der Waals surface area contributed by atoms with Crippen LogP contribution in [0.5, 0.6) is 0 Å². The van der Waals surface area contributed by atoms with E-state index < -0.39 is 25.0 Å². The van der Waals surface area contributed by atoms with E-state index in [1.165, 1.54) is 20.8 Å². The third-order valence-corrected chi connectivity index (χ3v) is 3.95. The summed E-state index contributed by atoms with van der Waals surface area (Å²) in [5.74, 6) is -1.10. The molecule has 0 saturated carbocycles. The van der Waals surface area contributed by atoms with Crippen LogP contribution in [-0.2, 0) is 27.7 Å². The number of carbonyl (C=O) groups is 2. The summed E-state index contributed by atoms with van der Waals surface area (Å²) in [6.07, 6.45) is 0. The Bertz CT molecular complexity index is 314. The molecule has 0 radical (unpaired) electrons. The lowest BCUT2D eigenvalue weighted by Crippen LogP contribution is -2.43. The molecule has 7 heteroatoms. The second-order valence-corrected chi connectivity index (χ2v) is 5.11. The molecule has 0 saturated heterocycles. The zero-order valence-electron chi connectivity index (χ0n) is 10.8. The van der Waals surface area contributed by atoms with Gasteiger partial charge in [0.1, 0.15) is 0 Å². The number of rotatable bonds is 8. The van der Waals surface area contributed by atoms with Gasteiger partial charge in [-0.2, -0.15) is 0 Å². The predicted octanol–water partition coefficient (Wildman–Crippen LogP) is 2.12. The van der Waals surface area contributed by atoms with Gasteiger partial charge in [0.05, 0.1) is 13.2 Å². The van der Waals surface area contributed by atoms with Crippen molar-refractivity contribution in [3.05, 3.63) is 0 Å². The van der Waals surface area contributed by atoms with E-state index in [9.17, 15) is 14.2 Å². The van der Waals surface area contributed by atoms with Crippen LogP contribution in [-0.4, -0.2) is 30.4 Å². The van der Waals surface area contributed by atoms with Crippen molar-refractivity contribution in [2.45, 2.75) is 40.2 Å². The van der Waals surface area contributed by atoms with E-state index in [1.54, 1.807) is 13.8 Å². The van der Waals surface area contributed by atoms with Crippen LogP contribution in [0.25, 0.3) is 0 Å². The van der Waals surface area contributed by atoms with E-state index in [2.05, 4.69) is 0 Å². The molecule has 100 valence electrons. The number of carbonyl (C=O) groups excluding carboxylic acids is 2. The van der Waals surface area contributed by atoms with Gasteiger partial charge >= 0.3 is 7.82 Å². The number of phosphoric acid groups is 1. The molecule has 0 heterocycles. The highest BCUT2D eigenvalue weighted by atomic mass is 31.2. The minimum absolute atomic E-state index is 0.0865. The standard InChI is InChI=1S/C10H19O6P/c1-6-14-17(13,15-7-2)16-10(5,8(3)11)9(4)12/h6-7H2,1-5H3. The normalized spacial score (nSPS) is 12.5. The van der Waals surface area contributed by atoms with Crippen molar-refractivity contribution >= 4 is 19.4 Å². The lowest BCUT2D eigenvalue weighted by molar-refractivity contribution is -0.145. The molecule has 0 amide bonds. The molecule has 0 aliphatic rings. The maximum Gasteiger partial charge on any atom is 0.476 e. The van der Waals surface area contributed by atoms with Crippen LogP contribution in [0, 0.1) is 0 Å². The Morgan fingerprint density at radius 2 is 1.41 bits per heavy atom. The molecule has 0 aromatic heterocycles. The van der Waals surface area contributed by atoms with Crippen molar-refractivity contribution in [3.63, 3.8) is 0 Å². The summed E-state index contributed by atoms with van der Waals surface area (Å²) in [6.45, 7) is 7.00. The predicted molar refractivity (Wildman–Crippen MR) is 61.7 cm³/mol. The molecule has 0 aliphatic heterocycles. The molecule has 0 N–H and O–H groups in total. The van der Waals surface area contributed by atoms with E-state index >= 15 is 0 Å². The van der Waals surface area contributed by atoms with Crippen LogP contribution in [0.3, 0.4) is 0 Å². The highest BCUT2D eigenvalue weighted by molar-refractivity contribution is 7.48. The van der Waals surface area contributed by atoms with E-state index in [-0.39, 0.29) is 13.2 Å². The van der Waals surface area contributed by atoms with Crippen LogP contribution in [0.4, 0.5) is 0 Å². The Balaban J connectivity index is 5.14. The fourth-order valence-corrected chi connectivity index (χ4v) is 2.52. The minimum atomic E-state index is -3.89. The highest BCUT2D eigenvalue weighted by Crippen LogP contribution is 2.52. The van der Waals surface area contributed by atoms with E-state index in [4.69, 9.17) is 13.6 Å². The molecule has 17 heavy (non-hydrogen) atoms. The Morgan fingerprint density at radius 3 is 1.65 bits per heavy atom. The van der Waals surface area contributed by atoms with Crippen LogP contribution >= 0.6 is 7.82 Å². The van der Waals surface area contributed by atoms with Crippen molar-refractivity contribution in [1.29, 1.82) is 0 Å². The van der Waals surface area contributed by atoms with E-state index in [0.29, 0.717) is 0 Å². The van der Waals surface area contributed by atoms with E-state index in [1.807, 2.05) is 0 Å². The minimum Gasteiger partial charge on any atom is -0.296 e. The highest BCUT2D eigenvalue weighted by Gasteiger charge is 2.44. The molecular formula is C10H19O6P. The molecule has 0 rings (SSSR count). The SMILES string of the molecule is CCOP(=O)(OCC)OC(C)(C(C)=O)C(C)=O. The van der Waals surface area contributed by atoms with Crippen LogP contribution in [0.15, 0.2) is 0 Å². The third-order valence-electron chi connectivity index (χ3n) is 2.21. The van der Waals surface area contributed by atoms with Crippen molar-refractivity contribution in [2.24, 2.45) is 0 Å². The first-order valence-electron chi connectivity index (χ1n) is 5.33. The van der Waals surface area contributed by atoms with Crippen molar-refractivity contribution in [3.8, 4) is 0 Å². The first-order chi connectivity index (χ1) is 7.72. The molecule has 0 bridgehead atoms. The average molecular weight is 266 g/mol. The van der Waals surface area contributed by atoms with Gasteiger partial charge in [0.15, 0.2) is 17.2 Å². The summed E-state index contributed by atoms with van der Waals surface area (Å²) >= 11 is 0. The zero-order chi connectivity index (χ0) is 13.7. The van der Waals surface area contributed by atoms with Gasteiger partial charge in [-0.1, -0.05) is 0 Å². The molecule has 0 unspecified atom stereocenters. The van der Waals surface area contributed by atoms with Crippen LogP contribution < -0.4 is 0 Å². The molecule has 0 atom stereocenters. The molecular weight excluding hydrogens is 247 g/mol. The Morgan fingerprint density at radius 1 is 1.06 bits per heavy atom. The number of phosphoric ester groups is 1. The summed E-state index contributed by atoms with van der Waals surface area (Å²) in [5, 5.41) is 0. The third kappa shape index (κ3) is 4.32. The van der Waals surface area contributed by atoms with Crippen molar-refractivity contribution in [1.82, 2.24) is 0 Å². The second-order valence-electron chi connectivity index (χ2n) is 3.52. The van der Waals surface area contributed by atoms with E-state index in [0.717, 1.165) is 0 Å². The average Bonchev–Trinajstić information content (AvgIpc) is 2.17. The summed E-state index contributed by atoms with van der Waals surface area (Å²) < 4.78 is 26.9. The maximum absolute atomic E-state index is 12.1. The molecule has 0 aromatic carbocycles. The second kappa shape index (κ2) is 6.40. The lowest BCUT2D eigenvalue weighted by atomic mass is 9.98. The summed E-state index contributed by atoms with van der Waals surface area (Å²) in [6, 6.07) is 0. The van der Waals surface area contributed by atoms with Gasteiger partial charge in [-0.05, 0) is 34.6 Å². The Kier molecular flexibility index (Phi) is 6.19. The molecule has 0 spiro atoms. The molecule has 0 aliphatic carbocycles. The maximum atomic E-state index is 12.1. The molecule has 0 aromatic rings. The number of hydrogen-bond donors (Lipinski definition) is 0. The largest absolute Gasteiger partial charge is 0.476 e. The van der Waals surface area contributed by atoms with Gasteiger partial charge in [0, 0.05) is 0 Å². The lowest BCUT2D eigenvalue weighted by Gasteiger charge is -2.27. The van der Waals surface area contributed by atoms with Gasteiger partial charge in [-0.25, -0.2) is 4.57 Å².